The Labute approximate surface area is 396 Å². The van der Waals surface area contributed by atoms with Crippen LogP contribution in [0.1, 0.15) is 0 Å². The van der Waals surface area contributed by atoms with Gasteiger partial charge in [0.05, 0.1) is 0 Å². The molecule has 0 fully saturated rings. The maximum absolute atomic E-state index is 7.50. The van der Waals surface area contributed by atoms with E-state index in [4.69, 9.17) is 14.4 Å². The van der Waals surface area contributed by atoms with Gasteiger partial charge >= 0.3 is 0 Å². The Balaban J connectivity index is 0.000000239. The zero-order valence-corrected chi connectivity index (χ0v) is 39.3. The second-order valence-corrected chi connectivity index (χ2v) is 19.7. The number of hydrogen-bond donors (Lipinski definition) is 0. The molecule has 314 valence electrons. The first-order valence-electron chi connectivity index (χ1n) is 19.8. The maximum atomic E-state index is 7.50. The van der Waals surface area contributed by atoms with E-state index in [1.807, 2.05) is 0 Å². The first-order chi connectivity index (χ1) is 31.3. The van der Waals surface area contributed by atoms with Crippen molar-refractivity contribution in [2.75, 3.05) is 0 Å². The number of benzene rings is 9. The number of rotatable bonds is 9. The quantitative estimate of drug-likeness (QED) is 0.107. The maximum Gasteiger partial charge on any atom is 0.281 e. The van der Waals surface area contributed by atoms with E-state index < -0.39 is 23.8 Å². The van der Waals surface area contributed by atoms with Crippen LogP contribution in [0.3, 0.4) is 0 Å². The van der Waals surface area contributed by atoms with Crippen molar-refractivity contribution in [3.05, 3.63) is 273 Å². The molecular weight excluding hydrogens is 927 g/mol. The zero-order chi connectivity index (χ0) is 44.7. The summed E-state index contributed by atoms with van der Waals surface area (Å²) in [4.78, 5) is 22.5. The van der Waals surface area contributed by atoms with Crippen LogP contribution in [0.25, 0.3) is 0 Å². The molecule has 0 amide bonds. The van der Waals surface area contributed by atoms with Gasteiger partial charge in [-0.3, -0.25) is 14.4 Å². The second kappa shape index (κ2) is 31.7. The monoisotopic (exact) mass is 972 g/mol. The van der Waals surface area contributed by atoms with E-state index in [2.05, 4.69) is 293 Å². The van der Waals surface area contributed by atoms with E-state index in [9.17, 15) is 0 Å². The number of hydrogen-bond acceptors (Lipinski definition) is 3. The Morgan fingerprint density at radius 1 is 0.172 bits per heavy atom. The topological polar surface area (TPSA) is 51.2 Å². The van der Waals surface area contributed by atoms with Crippen LogP contribution in [-0.2, 0) is 33.9 Å². The van der Waals surface area contributed by atoms with Crippen molar-refractivity contribution in [3.8, 4) is 0 Å². The van der Waals surface area contributed by atoms with Crippen LogP contribution in [0, 0.1) is 0 Å². The Bertz CT molecular complexity index is 1930. The van der Waals surface area contributed by atoms with Gasteiger partial charge < -0.3 is 0 Å². The minimum absolute atomic E-state index is 0. The van der Waals surface area contributed by atoms with E-state index in [0.29, 0.717) is 0 Å². The average Bonchev–Trinajstić information content (AvgIpc) is 3.39. The molecule has 9 aromatic carbocycles. The molecule has 0 bridgehead atoms. The summed E-state index contributed by atoms with van der Waals surface area (Å²) in [7, 11) is -1.34. The van der Waals surface area contributed by atoms with Gasteiger partial charge in [0.2, 0.25) is 0 Å². The predicted octanol–water partition coefficient (Wildman–Crippen LogP) is 9.14. The smallest absolute Gasteiger partial charge is 0.281 e. The van der Waals surface area contributed by atoms with Gasteiger partial charge in [-0.2, -0.15) is 0 Å². The molecule has 0 atom stereocenters. The fourth-order valence-electron chi connectivity index (χ4n) is 6.54. The third-order valence-corrected chi connectivity index (χ3v) is 16.5. The molecule has 0 spiro atoms. The first-order valence-corrected chi connectivity index (χ1v) is 23.8. The molecule has 6 radical (unpaired) electrons. The van der Waals surface area contributed by atoms with Crippen LogP contribution in [0.2, 0.25) is 0 Å². The summed E-state index contributed by atoms with van der Waals surface area (Å²) in [5.41, 5.74) is 0. The third-order valence-electron chi connectivity index (χ3n) is 9.13. The van der Waals surface area contributed by atoms with Crippen LogP contribution in [0.5, 0.6) is 0 Å². The molecule has 0 aromatic heterocycles. The van der Waals surface area contributed by atoms with E-state index >= 15 is 0 Å². The van der Waals surface area contributed by atoms with Gasteiger partial charge in [-0.25, -0.2) is 0 Å². The fourth-order valence-corrected chi connectivity index (χ4v) is 13.5. The van der Waals surface area contributed by atoms with Gasteiger partial charge in [0, 0.05) is 19.5 Å². The molecule has 9 rings (SSSR count). The van der Waals surface area contributed by atoms with Crippen molar-refractivity contribution in [3.63, 3.8) is 0 Å². The van der Waals surface area contributed by atoms with Crippen molar-refractivity contribution in [1.29, 1.82) is 0 Å². The van der Waals surface area contributed by atoms with Gasteiger partial charge in [0.1, 0.15) is 0 Å². The molecule has 3 nitrogen and oxygen atoms in total. The van der Waals surface area contributed by atoms with Gasteiger partial charge in [-0.1, -0.05) is 273 Å². The largest absolute Gasteiger partial charge is 0.281 e. The molecule has 9 aromatic rings. The van der Waals surface area contributed by atoms with Crippen LogP contribution < -0.4 is 47.7 Å². The van der Waals surface area contributed by atoms with E-state index in [-0.39, 0.29) is 19.5 Å². The Hall–Kier alpha value is -6.10. The van der Waals surface area contributed by atoms with Crippen LogP contribution in [0.15, 0.2) is 273 Å². The summed E-state index contributed by atoms with van der Waals surface area (Å²) in [6.07, 6.45) is 0. The molecule has 0 saturated heterocycles. The molecule has 0 aliphatic carbocycles. The van der Waals surface area contributed by atoms with Gasteiger partial charge in [-0.15, -0.1) is 0 Å². The summed E-state index contributed by atoms with van der Waals surface area (Å²) in [6.45, 7) is 13.5. The Morgan fingerprint density at radius 2 is 0.250 bits per heavy atom. The summed E-state index contributed by atoms with van der Waals surface area (Å²) in [6, 6.07) is 97.0. The third kappa shape index (κ3) is 16.2. The van der Waals surface area contributed by atoms with E-state index in [1.54, 1.807) is 0 Å². The second-order valence-electron chi connectivity index (χ2n) is 13.0. The molecule has 0 aliphatic heterocycles. The Morgan fingerprint density at radius 3 is 0.328 bits per heavy atom. The minimum Gasteiger partial charge on any atom is -0.281 e. The van der Waals surface area contributed by atoms with Crippen LogP contribution in [0.4, 0.5) is 0 Å². The molecule has 0 heterocycles. The standard InChI is InChI=1S/3C18H15P.3CO.Ru/c3*1-4-10-16(11-5-1)19(17-12-6-2-7-13-17)18-14-8-3-9-15-18;3*1-2;/h3*1-15H;;;;. The van der Waals surface area contributed by atoms with Gasteiger partial charge in [0.15, 0.2) is 0 Å². The normalized spacial score (nSPS) is 9.61. The first kappa shape index (κ1) is 52.2. The molecule has 0 N–H and O–H groups in total. The summed E-state index contributed by atoms with van der Waals surface area (Å²) < 4.78 is 0. The predicted molar refractivity (Wildman–Crippen MR) is 273 cm³/mol. The zero-order valence-electron chi connectivity index (χ0n) is 34.9. The molecule has 0 aliphatic rings. The van der Waals surface area contributed by atoms with Gasteiger partial charge in [0.25, 0.3) is 20.4 Å². The van der Waals surface area contributed by atoms with Crippen molar-refractivity contribution in [2.45, 2.75) is 0 Å². The van der Waals surface area contributed by atoms with E-state index in [1.165, 1.54) is 47.7 Å². The molecular formula is C57H45O3P3Ru. The molecule has 7 heteroatoms. The van der Waals surface area contributed by atoms with E-state index in [0.717, 1.165) is 0 Å². The minimum atomic E-state index is -0.446. The average molecular weight is 972 g/mol. The Kier molecular flexibility index (Phi) is 25.9. The van der Waals surface area contributed by atoms with Gasteiger partial charge in [-0.05, 0) is 71.5 Å². The summed E-state index contributed by atoms with van der Waals surface area (Å²) >= 11 is 0. The molecule has 0 unspecified atom stereocenters. The van der Waals surface area contributed by atoms with Crippen LogP contribution in [-0.4, -0.2) is 20.4 Å². The molecule has 0 saturated carbocycles. The fraction of sp³-hybridized carbons (Fsp3) is 0. The number of carbonyl (C=O) groups excluding carboxylic acids is 3. The van der Waals surface area contributed by atoms with Crippen molar-refractivity contribution in [2.24, 2.45) is 0 Å². The van der Waals surface area contributed by atoms with Crippen molar-refractivity contribution >= 4 is 91.9 Å². The SMILES string of the molecule is [C]=O.[C]=O.[C]=O.[Ru].c1ccc(P(c2ccccc2)c2ccccc2)cc1.c1ccc(P(c2ccccc2)c2ccccc2)cc1.c1ccc(P(c2ccccc2)c2ccccc2)cc1. The van der Waals surface area contributed by atoms with Crippen molar-refractivity contribution < 1.29 is 33.9 Å². The van der Waals surface area contributed by atoms with Crippen molar-refractivity contribution in [1.82, 2.24) is 0 Å². The summed E-state index contributed by atoms with van der Waals surface area (Å²) in [5, 5.41) is 12.6. The summed E-state index contributed by atoms with van der Waals surface area (Å²) in [5.74, 6) is 0. The van der Waals surface area contributed by atoms with Crippen LogP contribution >= 0.6 is 23.8 Å². The molecule has 64 heavy (non-hydrogen) atoms.